The van der Waals surface area contributed by atoms with Gasteiger partial charge in [-0.2, -0.15) is 0 Å². The fourth-order valence-corrected chi connectivity index (χ4v) is 10.2. The zero-order valence-corrected chi connectivity index (χ0v) is 45.7. The summed E-state index contributed by atoms with van der Waals surface area (Å²) in [5.74, 6) is -0.576. The van der Waals surface area contributed by atoms with E-state index in [1.54, 1.807) is 0 Å². The molecule has 0 heterocycles. The summed E-state index contributed by atoms with van der Waals surface area (Å²) in [6.45, 7) is 4.09. The molecule has 0 saturated carbocycles. The highest BCUT2D eigenvalue weighted by Gasteiger charge is 2.28. The molecule has 6 nitrogen and oxygen atoms in total. The van der Waals surface area contributed by atoms with E-state index in [-0.39, 0.29) is 0 Å². The fraction of sp³-hybridized carbons (Fsp3) is 0.984. The third-order valence-electron chi connectivity index (χ3n) is 15.1. The molecule has 0 aliphatic rings. The Kier molecular flexibility index (Phi) is 55.6. The first kappa shape index (κ1) is 66.3. The molecule has 1 amide bonds. The Morgan fingerprint density at radius 1 is 0.313 bits per heavy atom. The van der Waals surface area contributed by atoms with Crippen LogP contribution in [0.15, 0.2) is 0 Å². The summed E-state index contributed by atoms with van der Waals surface area (Å²) in [5, 5.41) is 43.9. The smallest absolute Gasteiger partial charge is 0.249 e. The van der Waals surface area contributed by atoms with Crippen molar-refractivity contribution in [1.29, 1.82) is 0 Å². The number of aliphatic hydroxyl groups is 4. The molecule has 6 heteroatoms. The molecule has 0 rings (SSSR count). The lowest BCUT2D eigenvalue weighted by Crippen LogP contribution is -2.53. The van der Waals surface area contributed by atoms with Gasteiger partial charge in [0.05, 0.1) is 18.8 Å². The largest absolute Gasteiger partial charge is 0.394 e. The van der Waals surface area contributed by atoms with Crippen molar-refractivity contribution < 1.29 is 25.2 Å². The minimum Gasteiger partial charge on any atom is -0.394 e. The highest BCUT2D eigenvalue weighted by molar-refractivity contribution is 5.80. The zero-order valence-electron chi connectivity index (χ0n) is 45.7. The standard InChI is InChI=1S/C61H123NO5/c1-3-5-7-9-11-13-15-17-18-19-20-21-22-23-24-25-26-27-28-29-30-31-32-33-34-35-36-37-38-39-40-41-43-45-47-49-51-53-55-59(65)61(67)62-57(56-63)60(66)58(64)54-52-50-48-46-44-42-16-14-12-10-8-6-4-2/h57-60,63-66H,3-56H2,1-2H3,(H,62,67). The summed E-state index contributed by atoms with van der Waals surface area (Å²) in [4.78, 5) is 12.6. The van der Waals surface area contributed by atoms with E-state index >= 15 is 0 Å². The molecular weight excluding hydrogens is 827 g/mol. The van der Waals surface area contributed by atoms with Crippen LogP contribution in [-0.4, -0.2) is 57.3 Å². The van der Waals surface area contributed by atoms with Gasteiger partial charge in [0.25, 0.3) is 0 Å². The van der Waals surface area contributed by atoms with E-state index in [1.165, 1.54) is 289 Å². The third-order valence-corrected chi connectivity index (χ3v) is 15.1. The molecule has 0 radical (unpaired) electrons. The van der Waals surface area contributed by atoms with Crippen molar-refractivity contribution in [1.82, 2.24) is 5.32 Å². The molecule has 0 aromatic carbocycles. The average molecular weight is 951 g/mol. The second kappa shape index (κ2) is 56.2. The Labute approximate surface area is 420 Å². The lowest BCUT2D eigenvalue weighted by Gasteiger charge is -2.27. The van der Waals surface area contributed by atoms with Gasteiger partial charge in [-0.3, -0.25) is 4.79 Å². The van der Waals surface area contributed by atoms with Gasteiger partial charge in [0.2, 0.25) is 5.91 Å². The Bertz CT molecular complexity index is 933. The van der Waals surface area contributed by atoms with Gasteiger partial charge in [-0.05, 0) is 12.8 Å². The molecule has 0 aliphatic heterocycles. The lowest BCUT2D eigenvalue weighted by atomic mass is 9.99. The Morgan fingerprint density at radius 2 is 0.507 bits per heavy atom. The first-order valence-corrected chi connectivity index (χ1v) is 30.9. The average Bonchev–Trinajstić information content (AvgIpc) is 3.33. The minimum atomic E-state index is -1.25. The van der Waals surface area contributed by atoms with Crippen LogP contribution in [0.5, 0.6) is 0 Å². The van der Waals surface area contributed by atoms with Crippen LogP contribution in [0.25, 0.3) is 0 Å². The van der Waals surface area contributed by atoms with Gasteiger partial charge >= 0.3 is 0 Å². The number of unbranched alkanes of at least 4 members (excludes halogenated alkanes) is 49. The van der Waals surface area contributed by atoms with E-state index < -0.39 is 36.9 Å². The summed E-state index contributed by atoms with van der Waals surface area (Å²) >= 11 is 0. The highest BCUT2D eigenvalue weighted by atomic mass is 16.3. The summed E-state index contributed by atoms with van der Waals surface area (Å²) in [6, 6.07) is -0.980. The second-order valence-corrected chi connectivity index (χ2v) is 21.8. The zero-order chi connectivity index (χ0) is 48.8. The number of aliphatic hydroxyl groups excluding tert-OH is 4. The number of amides is 1. The number of nitrogens with one attached hydrogen (secondary N) is 1. The summed E-state index contributed by atoms with van der Waals surface area (Å²) in [7, 11) is 0. The van der Waals surface area contributed by atoms with Gasteiger partial charge in [-0.15, -0.1) is 0 Å². The number of hydrogen-bond donors (Lipinski definition) is 5. The van der Waals surface area contributed by atoms with Crippen LogP contribution in [0.2, 0.25) is 0 Å². The number of hydrogen-bond acceptors (Lipinski definition) is 5. The predicted octanol–water partition coefficient (Wildman–Crippen LogP) is 18.3. The van der Waals surface area contributed by atoms with E-state index in [9.17, 15) is 25.2 Å². The van der Waals surface area contributed by atoms with Crippen LogP contribution in [0.1, 0.15) is 354 Å². The maximum atomic E-state index is 12.6. The SMILES string of the molecule is CCCCCCCCCCCCCCCCCCCCCCCCCCCCCCCCCCCCCCCCC(O)C(=O)NC(CO)C(O)C(O)CCCCCCCCCCCCCCC. The molecule has 0 aliphatic carbocycles. The van der Waals surface area contributed by atoms with Gasteiger partial charge in [0.1, 0.15) is 12.2 Å². The summed E-state index contributed by atoms with van der Waals surface area (Å²) in [6.07, 6.45) is 66.5. The molecule has 0 saturated heterocycles. The van der Waals surface area contributed by atoms with Crippen LogP contribution in [0.4, 0.5) is 0 Å². The predicted molar refractivity (Wildman–Crippen MR) is 293 cm³/mol. The molecule has 0 fully saturated rings. The van der Waals surface area contributed by atoms with Crippen molar-refractivity contribution in [2.75, 3.05) is 6.61 Å². The van der Waals surface area contributed by atoms with Gasteiger partial charge < -0.3 is 25.7 Å². The minimum absolute atomic E-state index is 0.376. The van der Waals surface area contributed by atoms with Crippen molar-refractivity contribution in [3.8, 4) is 0 Å². The molecule has 5 N–H and O–H groups in total. The Morgan fingerprint density at radius 3 is 0.716 bits per heavy atom. The van der Waals surface area contributed by atoms with Crippen molar-refractivity contribution in [3.05, 3.63) is 0 Å². The summed E-state index contributed by atoms with van der Waals surface area (Å²) in [5.41, 5.74) is 0. The quantitative estimate of drug-likeness (QED) is 0.0390. The van der Waals surface area contributed by atoms with E-state index in [0.717, 1.165) is 38.5 Å². The number of carbonyl (C=O) groups is 1. The van der Waals surface area contributed by atoms with E-state index in [2.05, 4.69) is 19.2 Å². The number of carbonyl (C=O) groups excluding carboxylic acids is 1. The Balaban J connectivity index is 3.44. The van der Waals surface area contributed by atoms with Crippen LogP contribution in [0, 0.1) is 0 Å². The van der Waals surface area contributed by atoms with Crippen LogP contribution >= 0.6 is 0 Å². The molecule has 4 unspecified atom stereocenters. The maximum Gasteiger partial charge on any atom is 0.249 e. The Hall–Kier alpha value is -0.690. The molecule has 4 atom stereocenters. The van der Waals surface area contributed by atoms with Crippen molar-refractivity contribution >= 4 is 5.91 Å². The summed E-state index contributed by atoms with van der Waals surface area (Å²) < 4.78 is 0. The van der Waals surface area contributed by atoms with Gasteiger partial charge in [-0.25, -0.2) is 0 Å². The van der Waals surface area contributed by atoms with E-state index in [0.29, 0.717) is 12.8 Å². The van der Waals surface area contributed by atoms with E-state index in [4.69, 9.17) is 0 Å². The second-order valence-electron chi connectivity index (χ2n) is 21.8. The molecule has 0 aromatic rings. The molecule has 0 aromatic heterocycles. The topological polar surface area (TPSA) is 110 Å². The van der Waals surface area contributed by atoms with Gasteiger partial charge in [0.15, 0.2) is 0 Å². The molecule has 402 valence electrons. The molecule has 67 heavy (non-hydrogen) atoms. The molecule has 0 bridgehead atoms. The molecular formula is C61H123NO5. The lowest BCUT2D eigenvalue weighted by molar-refractivity contribution is -0.132. The molecule has 0 spiro atoms. The number of rotatable bonds is 58. The van der Waals surface area contributed by atoms with E-state index in [1.807, 2.05) is 0 Å². The van der Waals surface area contributed by atoms with Crippen LogP contribution < -0.4 is 5.32 Å². The van der Waals surface area contributed by atoms with Crippen LogP contribution in [-0.2, 0) is 4.79 Å². The van der Waals surface area contributed by atoms with Crippen molar-refractivity contribution in [3.63, 3.8) is 0 Å². The maximum absolute atomic E-state index is 12.6. The first-order valence-electron chi connectivity index (χ1n) is 30.9. The highest BCUT2D eigenvalue weighted by Crippen LogP contribution is 2.19. The van der Waals surface area contributed by atoms with Gasteiger partial charge in [-0.1, -0.05) is 341 Å². The van der Waals surface area contributed by atoms with Crippen LogP contribution in [0.3, 0.4) is 0 Å². The van der Waals surface area contributed by atoms with Gasteiger partial charge in [0, 0.05) is 0 Å². The monoisotopic (exact) mass is 950 g/mol. The first-order chi connectivity index (χ1) is 33.0. The normalized spacial score (nSPS) is 13.6. The fourth-order valence-electron chi connectivity index (χ4n) is 10.2. The van der Waals surface area contributed by atoms with Crippen molar-refractivity contribution in [2.24, 2.45) is 0 Å². The third kappa shape index (κ3) is 50.1. The van der Waals surface area contributed by atoms with Crippen molar-refractivity contribution in [2.45, 2.75) is 379 Å².